The van der Waals surface area contributed by atoms with Crippen molar-refractivity contribution in [2.24, 2.45) is 17.8 Å². The van der Waals surface area contributed by atoms with Gasteiger partial charge in [0.15, 0.2) is 11.5 Å². The van der Waals surface area contributed by atoms with Crippen LogP contribution in [0.3, 0.4) is 0 Å². The molecule has 0 amide bonds. The molecule has 0 aliphatic heterocycles. The number of hydrogen-bond acceptors (Lipinski definition) is 10. The van der Waals surface area contributed by atoms with Gasteiger partial charge in [-0.3, -0.25) is 14.4 Å². The molecule has 10 nitrogen and oxygen atoms in total. The fourth-order valence-corrected chi connectivity index (χ4v) is 3.33. The number of benzene rings is 1. The molecule has 0 spiro atoms. The fraction of sp³-hybridized carbons (Fsp3) is 0.655. The van der Waals surface area contributed by atoms with Gasteiger partial charge in [-0.05, 0) is 48.8 Å². The first kappa shape index (κ1) is 33.9. The highest BCUT2D eigenvalue weighted by Crippen LogP contribution is 2.30. The van der Waals surface area contributed by atoms with Crippen LogP contribution in [0.25, 0.3) is 0 Å². The SMILES string of the molecule is CCC(C)COC(=O)OC(C)CN[C@@H](Cc1ccc(OC(=O)CC(C)C)c(OC(=O)CC(C)C)c1)C(=O)OC. The summed E-state index contributed by atoms with van der Waals surface area (Å²) in [4.78, 5) is 49.1. The molecule has 0 bridgehead atoms. The minimum atomic E-state index is -0.786. The van der Waals surface area contributed by atoms with Crippen molar-refractivity contribution in [3.63, 3.8) is 0 Å². The summed E-state index contributed by atoms with van der Waals surface area (Å²) in [6, 6.07) is 4.01. The summed E-state index contributed by atoms with van der Waals surface area (Å²) in [6.45, 7) is 13.7. The number of rotatable bonds is 16. The maximum atomic E-state index is 12.5. The lowest BCUT2D eigenvalue weighted by atomic mass is 10.0. The molecule has 0 aliphatic carbocycles. The van der Waals surface area contributed by atoms with E-state index in [1.807, 2.05) is 41.5 Å². The van der Waals surface area contributed by atoms with Gasteiger partial charge in [0.1, 0.15) is 12.1 Å². The highest BCUT2D eigenvalue weighted by Gasteiger charge is 2.23. The minimum Gasteiger partial charge on any atom is -0.468 e. The average Bonchev–Trinajstić information content (AvgIpc) is 2.84. The lowest BCUT2D eigenvalue weighted by molar-refractivity contribution is -0.143. The van der Waals surface area contributed by atoms with E-state index in [2.05, 4.69) is 5.32 Å². The first-order chi connectivity index (χ1) is 18.3. The molecule has 1 rings (SSSR count). The van der Waals surface area contributed by atoms with Crippen LogP contribution in [0.5, 0.6) is 11.5 Å². The second-order valence-corrected chi connectivity index (χ2v) is 10.6. The van der Waals surface area contributed by atoms with Crippen LogP contribution in [-0.4, -0.2) is 56.5 Å². The summed E-state index contributed by atoms with van der Waals surface area (Å²) in [5, 5.41) is 3.05. The van der Waals surface area contributed by atoms with E-state index >= 15 is 0 Å². The Hall–Kier alpha value is -3.14. The molecule has 0 radical (unpaired) electrons. The summed E-state index contributed by atoms with van der Waals surface area (Å²) < 4.78 is 26.3. The van der Waals surface area contributed by atoms with Gasteiger partial charge in [0.25, 0.3) is 0 Å². The number of ether oxygens (including phenoxy) is 5. The third-order valence-electron chi connectivity index (χ3n) is 5.66. The zero-order chi connectivity index (χ0) is 29.5. The van der Waals surface area contributed by atoms with E-state index < -0.39 is 36.2 Å². The Bertz CT molecular complexity index is 945. The summed E-state index contributed by atoms with van der Waals surface area (Å²) in [7, 11) is 1.28. The van der Waals surface area contributed by atoms with Gasteiger partial charge in [0.2, 0.25) is 0 Å². The van der Waals surface area contributed by atoms with Gasteiger partial charge < -0.3 is 29.0 Å². The largest absolute Gasteiger partial charge is 0.508 e. The van der Waals surface area contributed by atoms with Crippen LogP contribution in [0.1, 0.15) is 73.3 Å². The lowest BCUT2D eigenvalue weighted by Gasteiger charge is -2.20. The van der Waals surface area contributed by atoms with E-state index in [0.717, 1.165) is 6.42 Å². The molecule has 0 aliphatic rings. The molecule has 3 atom stereocenters. The molecule has 39 heavy (non-hydrogen) atoms. The molecule has 220 valence electrons. The van der Waals surface area contributed by atoms with Crippen LogP contribution in [0, 0.1) is 17.8 Å². The first-order valence-electron chi connectivity index (χ1n) is 13.5. The minimum absolute atomic E-state index is 0.0806. The number of methoxy groups -OCH3 is 1. The molecule has 0 heterocycles. The predicted octanol–water partition coefficient (Wildman–Crippen LogP) is 4.85. The fourth-order valence-electron chi connectivity index (χ4n) is 3.33. The van der Waals surface area contributed by atoms with E-state index in [0.29, 0.717) is 5.56 Å². The van der Waals surface area contributed by atoms with Gasteiger partial charge in [0.05, 0.1) is 13.7 Å². The monoisotopic (exact) mass is 551 g/mol. The van der Waals surface area contributed by atoms with Gasteiger partial charge >= 0.3 is 24.1 Å². The Morgan fingerprint density at radius 3 is 2.00 bits per heavy atom. The third-order valence-corrected chi connectivity index (χ3v) is 5.66. The second kappa shape index (κ2) is 17.4. The van der Waals surface area contributed by atoms with Crippen LogP contribution in [-0.2, 0) is 35.0 Å². The molecule has 2 unspecified atom stereocenters. The van der Waals surface area contributed by atoms with Crippen molar-refractivity contribution < 1.29 is 42.9 Å². The Labute approximate surface area is 232 Å². The molecule has 1 aromatic rings. The van der Waals surface area contributed by atoms with Gasteiger partial charge in [-0.1, -0.05) is 54.0 Å². The molecular weight excluding hydrogens is 506 g/mol. The Morgan fingerprint density at radius 2 is 1.46 bits per heavy atom. The Kier molecular flexibility index (Phi) is 15.2. The summed E-state index contributed by atoms with van der Waals surface area (Å²) in [5.41, 5.74) is 0.635. The van der Waals surface area contributed by atoms with E-state index in [1.165, 1.54) is 7.11 Å². The van der Waals surface area contributed by atoms with Crippen molar-refractivity contribution in [1.29, 1.82) is 0 Å². The molecule has 1 aromatic carbocycles. The van der Waals surface area contributed by atoms with Crippen molar-refractivity contribution in [2.45, 2.75) is 86.3 Å². The van der Waals surface area contributed by atoms with Crippen molar-refractivity contribution >= 4 is 24.1 Å². The molecule has 10 heteroatoms. The summed E-state index contributed by atoms with van der Waals surface area (Å²) in [5.74, 6) is -0.786. The Morgan fingerprint density at radius 1 is 0.872 bits per heavy atom. The molecule has 0 aromatic heterocycles. The number of esters is 3. The topological polar surface area (TPSA) is 126 Å². The van der Waals surface area contributed by atoms with E-state index in [9.17, 15) is 19.2 Å². The van der Waals surface area contributed by atoms with Crippen LogP contribution in [0.15, 0.2) is 18.2 Å². The zero-order valence-corrected chi connectivity index (χ0v) is 24.5. The van der Waals surface area contributed by atoms with Gasteiger partial charge in [-0.25, -0.2) is 4.79 Å². The average molecular weight is 552 g/mol. The van der Waals surface area contributed by atoms with E-state index in [1.54, 1.807) is 25.1 Å². The molecule has 1 N–H and O–H groups in total. The first-order valence-corrected chi connectivity index (χ1v) is 13.5. The Balaban J connectivity index is 2.98. The number of carbonyl (C=O) groups is 4. The normalized spacial score (nSPS) is 13.4. The van der Waals surface area contributed by atoms with Gasteiger partial charge in [0, 0.05) is 19.4 Å². The zero-order valence-electron chi connectivity index (χ0n) is 24.5. The van der Waals surface area contributed by atoms with Crippen molar-refractivity contribution in [3.05, 3.63) is 23.8 Å². The maximum absolute atomic E-state index is 12.5. The quantitative estimate of drug-likeness (QED) is 0.225. The summed E-state index contributed by atoms with van der Waals surface area (Å²) >= 11 is 0. The van der Waals surface area contributed by atoms with Crippen molar-refractivity contribution in [1.82, 2.24) is 5.32 Å². The van der Waals surface area contributed by atoms with Crippen molar-refractivity contribution in [3.8, 4) is 11.5 Å². The van der Waals surface area contributed by atoms with Crippen LogP contribution in [0.4, 0.5) is 4.79 Å². The maximum Gasteiger partial charge on any atom is 0.508 e. The smallest absolute Gasteiger partial charge is 0.468 e. The number of nitrogens with one attached hydrogen (secondary N) is 1. The standard InChI is InChI=1S/C29H45NO9/c1-9-20(6)17-36-29(34)37-21(7)16-30-23(28(33)35-8)14-22-10-11-24(38-26(31)12-18(2)3)25(15-22)39-27(32)13-19(4)5/h10-11,15,18-21,23,30H,9,12-14,16-17H2,1-8H3/t20?,21?,23-/m0/s1. The highest BCUT2D eigenvalue weighted by molar-refractivity contribution is 5.77. The van der Waals surface area contributed by atoms with Gasteiger partial charge in [-0.15, -0.1) is 0 Å². The van der Waals surface area contributed by atoms with Crippen LogP contribution >= 0.6 is 0 Å². The predicted molar refractivity (Wildman–Crippen MR) is 145 cm³/mol. The lowest BCUT2D eigenvalue weighted by Crippen LogP contribution is -2.43. The van der Waals surface area contributed by atoms with E-state index in [4.69, 9.17) is 23.7 Å². The van der Waals surface area contributed by atoms with Gasteiger partial charge in [-0.2, -0.15) is 0 Å². The van der Waals surface area contributed by atoms with E-state index in [-0.39, 0.29) is 61.7 Å². The van der Waals surface area contributed by atoms with Crippen LogP contribution < -0.4 is 14.8 Å². The molecule has 0 saturated carbocycles. The molecule has 0 saturated heterocycles. The molecular formula is C29H45NO9. The molecule has 0 fully saturated rings. The van der Waals surface area contributed by atoms with Crippen molar-refractivity contribution in [2.75, 3.05) is 20.3 Å². The number of carbonyl (C=O) groups excluding carboxylic acids is 4. The van der Waals surface area contributed by atoms with Crippen LogP contribution in [0.2, 0.25) is 0 Å². The number of hydrogen-bond donors (Lipinski definition) is 1. The second-order valence-electron chi connectivity index (χ2n) is 10.6. The third kappa shape index (κ3) is 14.0. The summed E-state index contributed by atoms with van der Waals surface area (Å²) in [6.07, 6.45) is 0.110. The highest BCUT2D eigenvalue weighted by atomic mass is 16.7.